The smallest absolute Gasteiger partial charge is 0.164 e. The molecule has 0 amide bonds. The molecule has 3 aromatic heterocycles. The van der Waals surface area contributed by atoms with Crippen LogP contribution in [0, 0.1) is 0 Å². The van der Waals surface area contributed by atoms with Crippen LogP contribution in [0.4, 0.5) is 0 Å². The third-order valence-corrected chi connectivity index (χ3v) is 11.3. The number of fused-ring (bicyclic) bond motifs is 9. The van der Waals surface area contributed by atoms with Crippen molar-refractivity contribution in [3.8, 4) is 56.4 Å². The Hall–Kier alpha value is -7.89. The molecule has 0 unspecified atom stereocenters. The van der Waals surface area contributed by atoms with Gasteiger partial charge >= 0.3 is 0 Å². The van der Waals surface area contributed by atoms with Gasteiger partial charge in [0.25, 0.3) is 0 Å². The van der Waals surface area contributed by atoms with Crippen LogP contribution in [-0.4, -0.2) is 15.0 Å². The molecule has 58 heavy (non-hydrogen) atoms. The van der Waals surface area contributed by atoms with E-state index in [9.17, 15) is 0 Å². The molecule has 0 atom stereocenters. The highest BCUT2D eigenvalue weighted by molar-refractivity contribution is 6.24. The maximum absolute atomic E-state index is 6.88. The summed E-state index contributed by atoms with van der Waals surface area (Å²) in [5.41, 5.74) is 10.3. The van der Waals surface area contributed by atoms with Crippen LogP contribution in [0.25, 0.3) is 122 Å². The Morgan fingerprint density at radius 1 is 0.293 bits per heavy atom. The summed E-state index contributed by atoms with van der Waals surface area (Å²) in [4.78, 5) is 15.5. The van der Waals surface area contributed by atoms with Crippen LogP contribution in [0.15, 0.2) is 197 Å². The second-order valence-electron chi connectivity index (χ2n) is 14.7. The van der Waals surface area contributed by atoms with Gasteiger partial charge in [-0.05, 0) is 57.1 Å². The van der Waals surface area contributed by atoms with E-state index in [-0.39, 0.29) is 0 Å². The van der Waals surface area contributed by atoms with Crippen LogP contribution in [0.3, 0.4) is 0 Å². The lowest BCUT2D eigenvalue weighted by Gasteiger charge is -2.10. The highest BCUT2D eigenvalue weighted by atomic mass is 16.3. The molecule has 5 heteroatoms. The molecule has 0 saturated heterocycles. The van der Waals surface area contributed by atoms with Crippen molar-refractivity contribution < 1.29 is 8.83 Å². The van der Waals surface area contributed by atoms with Crippen molar-refractivity contribution in [2.45, 2.75) is 0 Å². The Kier molecular flexibility index (Phi) is 7.16. The Morgan fingerprint density at radius 2 is 0.879 bits per heavy atom. The number of furan rings is 2. The molecule has 0 aliphatic carbocycles. The molecule has 0 bridgehead atoms. The molecular weight excluding hydrogens is 711 g/mol. The fraction of sp³-hybridized carbons (Fsp3) is 0. The summed E-state index contributed by atoms with van der Waals surface area (Å²) in [7, 11) is 0. The number of hydrogen-bond acceptors (Lipinski definition) is 5. The van der Waals surface area contributed by atoms with Crippen molar-refractivity contribution in [2.75, 3.05) is 0 Å². The van der Waals surface area contributed by atoms with Crippen LogP contribution in [0.5, 0.6) is 0 Å². The molecule has 0 aliphatic heterocycles. The number of aromatic nitrogens is 3. The lowest BCUT2D eigenvalue weighted by atomic mass is 9.94. The predicted octanol–water partition coefficient (Wildman–Crippen LogP) is 14.3. The largest absolute Gasteiger partial charge is 0.455 e. The lowest BCUT2D eigenvalue weighted by Crippen LogP contribution is -2.00. The van der Waals surface area contributed by atoms with E-state index in [0.29, 0.717) is 17.5 Å². The molecule has 0 saturated carbocycles. The molecule has 0 N–H and O–H groups in total. The lowest BCUT2D eigenvalue weighted by molar-refractivity contribution is 0.670. The average Bonchev–Trinajstić information content (AvgIpc) is 3.88. The highest BCUT2D eigenvalue weighted by Gasteiger charge is 2.22. The molecule has 9 aromatic carbocycles. The quantitative estimate of drug-likeness (QED) is 0.176. The predicted molar refractivity (Wildman–Crippen MR) is 237 cm³/mol. The first-order valence-corrected chi connectivity index (χ1v) is 19.4. The van der Waals surface area contributed by atoms with Gasteiger partial charge in [-0.3, -0.25) is 0 Å². The molecule has 270 valence electrons. The number of nitrogens with zero attached hydrogens (tertiary/aromatic N) is 3. The summed E-state index contributed by atoms with van der Waals surface area (Å²) in [5.74, 6) is 1.78. The molecule has 0 aliphatic rings. The summed E-state index contributed by atoms with van der Waals surface area (Å²) in [5, 5.41) is 8.56. The van der Waals surface area contributed by atoms with Crippen molar-refractivity contribution in [1.29, 1.82) is 0 Å². The first-order valence-electron chi connectivity index (χ1n) is 19.4. The molecule has 0 spiro atoms. The zero-order valence-corrected chi connectivity index (χ0v) is 31.1. The number of rotatable bonds is 5. The van der Waals surface area contributed by atoms with E-state index in [4.69, 9.17) is 23.8 Å². The second kappa shape index (κ2) is 12.8. The Bertz CT molecular complexity index is 3570. The number of para-hydroxylation sites is 2. The van der Waals surface area contributed by atoms with Crippen molar-refractivity contribution in [3.05, 3.63) is 188 Å². The molecule has 0 radical (unpaired) electrons. The van der Waals surface area contributed by atoms with Gasteiger partial charge in [0, 0.05) is 49.2 Å². The fourth-order valence-electron chi connectivity index (χ4n) is 8.54. The van der Waals surface area contributed by atoms with Crippen molar-refractivity contribution in [1.82, 2.24) is 15.0 Å². The first-order chi connectivity index (χ1) is 28.7. The van der Waals surface area contributed by atoms with E-state index in [1.165, 1.54) is 0 Å². The fourth-order valence-corrected chi connectivity index (χ4v) is 8.54. The summed E-state index contributed by atoms with van der Waals surface area (Å²) in [6, 6.07) is 65.0. The maximum atomic E-state index is 6.88. The van der Waals surface area contributed by atoms with Crippen LogP contribution in [-0.2, 0) is 0 Å². The van der Waals surface area contributed by atoms with E-state index in [2.05, 4.69) is 158 Å². The normalized spacial score (nSPS) is 11.8. The van der Waals surface area contributed by atoms with Gasteiger partial charge in [-0.25, -0.2) is 15.0 Å². The maximum Gasteiger partial charge on any atom is 0.164 e. The minimum absolute atomic E-state index is 0.577. The van der Waals surface area contributed by atoms with Crippen LogP contribution >= 0.6 is 0 Å². The van der Waals surface area contributed by atoms with E-state index in [0.717, 1.165) is 104 Å². The van der Waals surface area contributed by atoms with E-state index in [1.54, 1.807) is 0 Å². The third-order valence-electron chi connectivity index (χ3n) is 11.3. The SMILES string of the molecule is c1ccc(-c2ccc(-c3nc(-c4ccc5ccccc5c4)nc(-c4cccc5oc6c(-c7cc8ccccc8c8oc9ccccc9c78)cccc6c45)n3)cc2)cc1. The Balaban J connectivity index is 1.08. The zero-order valence-electron chi connectivity index (χ0n) is 31.1. The molecule has 5 nitrogen and oxygen atoms in total. The van der Waals surface area contributed by atoms with Crippen molar-refractivity contribution in [2.24, 2.45) is 0 Å². The van der Waals surface area contributed by atoms with E-state index >= 15 is 0 Å². The van der Waals surface area contributed by atoms with Gasteiger partial charge in [-0.15, -0.1) is 0 Å². The summed E-state index contributed by atoms with van der Waals surface area (Å²) in [6.45, 7) is 0. The second-order valence-corrected chi connectivity index (χ2v) is 14.7. The Labute approximate surface area is 332 Å². The topological polar surface area (TPSA) is 65.0 Å². The van der Waals surface area contributed by atoms with Gasteiger partial charge in [0.1, 0.15) is 22.3 Å². The molecule has 12 aromatic rings. The van der Waals surface area contributed by atoms with Gasteiger partial charge in [-0.1, -0.05) is 164 Å². The van der Waals surface area contributed by atoms with E-state index in [1.807, 2.05) is 30.3 Å². The zero-order chi connectivity index (χ0) is 38.2. The minimum atomic E-state index is 0.577. The van der Waals surface area contributed by atoms with Gasteiger partial charge in [-0.2, -0.15) is 0 Å². The van der Waals surface area contributed by atoms with Gasteiger partial charge in [0.05, 0.1) is 0 Å². The van der Waals surface area contributed by atoms with Crippen molar-refractivity contribution >= 4 is 65.4 Å². The van der Waals surface area contributed by atoms with Crippen molar-refractivity contribution in [3.63, 3.8) is 0 Å². The first kappa shape index (κ1) is 32.4. The molecule has 3 heterocycles. The standard InChI is InChI=1S/C53H31N3O2/c1-2-12-32(13-3-1)34-24-27-35(28-25-34)51-54-52(38-29-26-33-14-4-5-15-36(33)30-38)56-53(55-51)43-21-11-23-46-47(43)42-20-10-19-40(49(42)58-46)44-31-37-16-6-7-17-39(37)50-48(44)41-18-8-9-22-45(41)57-50/h1-31H. The van der Waals surface area contributed by atoms with E-state index < -0.39 is 0 Å². The molecule has 0 fully saturated rings. The van der Waals surface area contributed by atoms with Gasteiger partial charge < -0.3 is 8.83 Å². The van der Waals surface area contributed by atoms with Crippen LogP contribution < -0.4 is 0 Å². The molecule has 12 rings (SSSR count). The third kappa shape index (κ3) is 5.14. The average molecular weight is 742 g/mol. The summed E-state index contributed by atoms with van der Waals surface area (Å²) < 4.78 is 13.5. The monoisotopic (exact) mass is 741 g/mol. The van der Waals surface area contributed by atoms with Crippen LogP contribution in [0.1, 0.15) is 0 Å². The van der Waals surface area contributed by atoms with Gasteiger partial charge in [0.2, 0.25) is 0 Å². The highest BCUT2D eigenvalue weighted by Crippen LogP contribution is 2.46. The number of benzene rings is 9. The molecular formula is C53H31N3O2. The summed E-state index contributed by atoms with van der Waals surface area (Å²) in [6.07, 6.45) is 0. The van der Waals surface area contributed by atoms with Crippen LogP contribution in [0.2, 0.25) is 0 Å². The summed E-state index contributed by atoms with van der Waals surface area (Å²) >= 11 is 0. The Morgan fingerprint density at radius 3 is 1.74 bits per heavy atom. The minimum Gasteiger partial charge on any atom is -0.455 e. The van der Waals surface area contributed by atoms with Gasteiger partial charge in [0.15, 0.2) is 17.5 Å². The number of hydrogen-bond donors (Lipinski definition) is 0.